The topological polar surface area (TPSA) is 71.5 Å². The van der Waals surface area contributed by atoms with E-state index in [0.29, 0.717) is 12.3 Å². The molecule has 0 aliphatic rings. The summed E-state index contributed by atoms with van der Waals surface area (Å²) in [6.07, 6.45) is 2.59. The number of ether oxygens (including phenoxy) is 1. The van der Waals surface area contributed by atoms with Crippen LogP contribution in [-0.4, -0.2) is 35.3 Å². The fourth-order valence-electron chi connectivity index (χ4n) is 1.91. The molecule has 1 atom stereocenters. The number of nitrogens with one attached hydrogen (secondary N) is 1. The van der Waals surface area contributed by atoms with Crippen LogP contribution in [0.3, 0.4) is 0 Å². The molecule has 2 rings (SSSR count). The molecule has 0 bridgehead atoms. The Labute approximate surface area is 117 Å². The van der Waals surface area contributed by atoms with Crippen molar-refractivity contribution in [2.45, 2.75) is 19.4 Å². The standard InChI is InChI=1S/C15H18N2O3/c1-2-8-16-13(15(18)19)10-20-14-7-3-6-12-11(14)5-4-9-17-12/h3-7,9,13,16H,2,8,10H2,1H3,(H,18,19). The van der Waals surface area contributed by atoms with Crippen molar-refractivity contribution in [3.05, 3.63) is 36.5 Å². The molecular weight excluding hydrogens is 256 g/mol. The second-order valence-corrected chi connectivity index (χ2v) is 4.48. The van der Waals surface area contributed by atoms with Gasteiger partial charge in [0.2, 0.25) is 0 Å². The van der Waals surface area contributed by atoms with Gasteiger partial charge in [0.25, 0.3) is 0 Å². The number of aliphatic carboxylic acids is 1. The average Bonchev–Trinajstić information content (AvgIpc) is 2.47. The third-order valence-corrected chi connectivity index (χ3v) is 2.95. The molecule has 0 saturated heterocycles. The van der Waals surface area contributed by atoms with Crippen molar-refractivity contribution >= 4 is 16.9 Å². The van der Waals surface area contributed by atoms with E-state index in [4.69, 9.17) is 9.84 Å². The zero-order valence-corrected chi connectivity index (χ0v) is 11.4. The van der Waals surface area contributed by atoms with E-state index in [1.54, 1.807) is 6.20 Å². The lowest BCUT2D eigenvalue weighted by Gasteiger charge is -2.15. The van der Waals surface area contributed by atoms with E-state index in [0.717, 1.165) is 17.3 Å². The van der Waals surface area contributed by atoms with Crippen LogP contribution < -0.4 is 10.1 Å². The second kappa shape index (κ2) is 6.86. The number of benzene rings is 1. The number of fused-ring (bicyclic) bond motifs is 1. The van der Waals surface area contributed by atoms with Crippen molar-refractivity contribution in [1.29, 1.82) is 0 Å². The summed E-state index contributed by atoms with van der Waals surface area (Å²) in [7, 11) is 0. The molecule has 0 spiro atoms. The molecule has 106 valence electrons. The van der Waals surface area contributed by atoms with E-state index in [2.05, 4.69) is 10.3 Å². The van der Waals surface area contributed by atoms with Crippen molar-refractivity contribution in [1.82, 2.24) is 10.3 Å². The summed E-state index contributed by atoms with van der Waals surface area (Å²) in [5.41, 5.74) is 0.832. The number of rotatable bonds is 7. The van der Waals surface area contributed by atoms with Crippen LogP contribution >= 0.6 is 0 Å². The van der Waals surface area contributed by atoms with Gasteiger partial charge in [-0.05, 0) is 37.2 Å². The van der Waals surface area contributed by atoms with E-state index < -0.39 is 12.0 Å². The highest BCUT2D eigenvalue weighted by Crippen LogP contribution is 2.23. The first kappa shape index (κ1) is 14.3. The largest absolute Gasteiger partial charge is 0.491 e. The summed E-state index contributed by atoms with van der Waals surface area (Å²) in [6.45, 7) is 2.73. The normalized spacial score (nSPS) is 12.2. The van der Waals surface area contributed by atoms with Crippen LogP contribution in [0.4, 0.5) is 0 Å². The molecule has 0 amide bonds. The monoisotopic (exact) mass is 274 g/mol. The van der Waals surface area contributed by atoms with Crippen molar-refractivity contribution in [3.63, 3.8) is 0 Å². The maximum absolute atomic E-state index is 11.1. The van der Waals surface area contributed by atoms with Crippen LogP contribution in [0.2, 0.25) is 0 Å². The van der Waals surface area contributed by atoms with Gasteiger partial charge in [-0.15, -0.1) is 0 Å². The number of hydrogen-bond acceptors (Lipinski definition) is 4. The highest BCUT2D eigenvalue weighted by atomic mass is 16.5. The van der Waals surface area contributed by atoms with Crippen LogP contribution in [-0.2, 0) is 4.79 Å². The van der Waals surface area contributed by atoms with E-state index in [-0.39, 0.29) is 6.61 Å². The Kier molecular flexibility index (Phi) is 4.90. The smallest absolute Gasteiger partial charge is 0.324 e. The molecule has 0 aliphatic carbocycles. The number of carboxylic acids is 1. The lowest BCUT2D eigenvalue weighted by atomic mass is 10.2. The molecule has 1 unspecified atom stereocenters. The predicted molar refractivity (Wildman–Crippen MR) is 77.0 cm³/mol. The first-order chi connectivity index (χ1) is 9.72. The van der Waals surface area contributed by atoms with Crippen LogP contribution in [0, 0.1) is 0 Å². The lowest BCUT2D eigenvalue weighted by Crippen LogP contribution is -2.41. The van der Waals surface area contributed by atoms with Crippen LogP contribution in [0.1, 0.15) is 13.3 Å². The Morgan fingerprint density at radius 3 is 3.00 bits per heavy atom. The molecule has 5 nitrogen and oxygen atoms in total. The van der Waals surface area contributed by atoms with Crippen molar-refractivity contribution < 1.29 is 14.6 Å². The highest BCUT2D eigenvalue weighted by molar-refractivity contribution is 5.84. The first-order valence-electron chi connectivity index (χ1n) is 6.65. The fourth-order valence-corrected chi connectivity index (χ4v) is 1.91. The summed E-state index contributed by atoms with van der Waals surface area (Å²) in [6, 6.07) is 8.60. The second-order valence-electron chi connectivity index (χ2n) is 4.48. The third kappa shape index (κ3) is 3.45. The average molecular weight is 274 g/mol. The van der Waals surface area contributed by atoms with Crippen molar-refractivity contribution in [2.24, 2.45) is 0 Å². The summed E-state index contributed by atoms with van der Waals surface area (Å²) >= 11 is 0. The maximum Gasteiger partial charge on any atom is 0.324 e. The maximum atomic E-state index is 11.1. The number of hydrogen-bond donors (Lipinski definition) is 2. The Balaban J connectivity index is 2.09. The van der Waals surface area contributed by atoms with E-state index in [1.165, 1.54) is 0 Å². The van der Waals surface area contributed by atoms with Gasteiger partial charge in [-0.2, -0.15) is 0 Å². The van der Waals surface area contributed by atoms with E-state index in [9.17, 15) is 4.79 Å². The summed E-state index contributed by atoms with van der Waals surface area (Å²) < 4.78 is 5.66. The quantitative estimate of drug-likeness (QED) is 0.808. The van der Waals surface area contributed by atoms with Crippen molar-refractivity contribution in [2.75, 3.05) is 13.2 Å². The van der Waals surface area contributed by atoms with Gasteiger partial charge in [0, 0.05) is 11.6 Å². The minimum atomic E-state index is -0.906. The molecule has 0 saturated carbocycles. The lowest BCUT2D eigenvalue weighted by molar-refractivity contribution is -0.140. The molecule has 1 heterocycles. The molecule has 0 fully saturated rings. The van der Waals surface area contributed by atoms with Gasteiger partial charge in [-0.3, -0.25) is 9.78 Å². The number of pyridine rings is 1. The molecule has 1 aromatic heterocycles. The van der Waals surface area contributed by atoms with E-state index >= 15 is 0 Å². The molecular formula is C15H18N2O3. The number of aromatic nitrogens is 1. The third-order valence-electron chi connectivity index (χ3n) is 2.95. The summed E-state index contributed by atoms with van der Waals surface area (Å²) in [4.78, 5) is 15.4. The Hall–Kier alpha value is -2.14. The van der Waals surface area contributed by atoms with Gasteiger partial charge in [0.15, 0.2) is 0 Å². The van der Waals surface area contributed by atoms with Crippen molar-refractivity contribution in [3.8, 4) is 5.75 Å². The van der Waals surface area contributed by atoms with Gasteiger partial charge in [-0.25, -0.2) is 0 Å². The van der Waals surface area contributed by atoms with Gasteiger partial charge in [0.05, 0.1) is 5.52 Å². The Bertz CT molecular complexity index is 581. The number of carbonyl (C=O) groups is 1. The van der Waals surface area contributed by atoms with Gasteiger partial charge in [0.1, 0.15) is 18.4 Å². The summed E-state index contributed by atoms with van der Waals surface area (Å²) in [5, 5.41) is 13.0. The summed E-state index contributed by atoms with van der Waals surface area (Å²) in [5.74, 6) is -0.253. The Morgan fingerprint density at radius 1 is 1.40 bits per heavy atom. The minimum absolute atomic E-state index is 0.0866. The minimum Gasteiger partial charge on any atom is -0.491 e. The van der Waals surface area contributed by atoms with Crippen LogP contribution in [0.25, 0.3) is 10.9 Å². The van der Waals surface area contributed by atoms with Gasteiger partial charge < -0.3 is 15.2 Å². The zero-order chi connectivity index (χ0) is 14.4. The predicted octanol–water partition coefficient (Wildman–Crippen LogP) is 2.07. The highest BCUT2D eigenvalue weighted by Gasteiger charge is 2.17. The fraction of sp³-hybridized carbons (Fsp3) is 0.333. The van der Waals surface area contributed by atoms with Crippen LogP contribution in [0.15, 0.2) is 36.5 Å². The van der Waals surface area contributed by atoms with Gasteiger partial charge in [-0.1, -0.05) is 13.0 Å². The molecule has 20 heavy (non-hydrogen) atoms. The molecule has 5 heteroatoms. The zero-order valence-electron chi connectivity index (χ0n) is 11.4. The molecule has 2 aromatic rings. The molecule has 0 radical (unpaired) electrons. The Morgan fingerprint density at radius 2 is 2.25 bits per heavy atom. The van der Waals surface area contributed by atoms with Gasteiger partial charge >= 0.3 is 5.97 Å². The first-order valence-corrected chi connectivity index (χ1v) is 6.65. The number of nitrogens with zero attached hydrogens (tertiary/aromatic N) is 1. The molecule has 1 aromatic carbocycles. The molecule has 2 N–H and O–H groups in total. The number of carboxylic acid groups (broad SMARTS) is 1. The SMILES string of the molecule is CCCNC(COc1cccc2ncccc12)C(=O)O. The van der Waals surface area contributed by atoms with Crippen LogP contribution in [0.5, 0.6) is 5.75 Å². The van der Waals surface area contributed by atoms with E-state index in [1.807, 2.05) is 37.3 Å². The molecule has 0 aliphatic heterocycles.